The van der Waals surface area contributed by atoms with Crippen LogP contribution in [0, 0.1) is 0 Å². The van der Waals surface area contributed by atoms with Crippen LogP contribution in [0.1, 0.15) is 67.2 Å². The Labute approximate surface area is 227 Å². The lowest BCUT2D eigenvalue weighted by molar-refractivity contribution is -0.0962. The summed E-state index contributed by atoms with van der Waals surface area (Å²) in [5, 5.41) is 1.31. The van der Waals surface area contributed by atoms with Gasteiger partial charge in [-0.25, -0.2) is 13.2 Å². The average molecular weight is 550 g/mol. The third-order valence-electron chi connectivity index (χ3n) is 6.52. The molecule has 2 heterocycles. The van der Waals surface area contributed by atoms with E-state index in [2.05, 4.69) is 13.5 Å². The maximum absolute atomic E-state index is 13.3. The van der Waals surface area contributed by atoms with Crippen LogP contribution < -0.4 is 0 Å². The molecule has 0 aromatic heterocycles. The van der Waals surface area contributed by atoms with Crippen LogP contribution in [0.25, 0.3) is 0 Å². The van der Waals surface area contributed by atoms with Gasteiger partial charge in [-0.15, -0.1) is 6.58 Å². The number of carbonyl (C=O) groups excluding carboxylic acids is 1. The number of benzene rings is 1. The smallest absolute Gasteiger partial charge is 0.412 e. The number of carbonyl (C=O) groups is 1. The Morgan fingerprint density at radius 2 is 1.92 bits per heavy atom. The number of sulfone groups is 1. The SMILES string of the molecule is C=CC[C@@H]1O[C@H](C[C@H]2CN(C(=O)OC(C)(C)C)C(C)(C)O2)[C@H](OCCCC)C1=CS(=O)(=O)c1ccccc1. The van der Waals surface area contributed by atoms with Gasteiger partial charge < -0.3 is 18.9 Å². The van der Waals surface area contributed by atoms with Crippen molar-refractivity contribution in [2.75, 3.05) is 13.2 Å². The first kappa shape index (κ1) is 30.3. The van der Waals surface area contributed by atoms with E-state index in [0.29, 0.717) is 31.6 Å². The van der Waals surface area contributed by atoms with E-state index in [1.165, 1.54) is 5.41 Å². The van der Waals surface area contributed by atoms with E-state index in [1.54, 1.807) is 41.3 Å². The van der Waals surface area contributed by atoms with Gasteiger partial charge in [-0.05, 0) is 59.6 Å². The molecule has 0 unspecified atom stereocenters. The molecule has 212 valence electrons. The quantitative estimate of drug-likeness (QED) is 0.276. The molecule has 1 aromatic carbocycles. The fourth-order valence-corrected chi connectivity index (χ4v) is 6.08. The standard InChI is InChI=1S/C29H43NO7S/c1-8-10-17-34-26-23(20-38(32,33)22-15-12-11-13-16-22)24(14-9-2)35-25(26)18-21-19-30(29(6,7)36-21)27(31)37-28(3,4)5/h9,11-13,15-16,20-21,24-26H,2,8,10,14,17-19H2,1,3-7H3/t21-,24-,25+,26+/m0/s1. The molecular formula is C29H43NO7S. The summed E-state index contributed by atoms with van der Waals surface area (Å²) in [6.07, 6.45) is 2.10. The minimum absolute atomic E-state index is 0.217. The molecule has 9 heteroatoms. The number of hydrogen-bond donors (Lipinski definition) is 0. The van der Waals surface area contributed by atoms with Crippen LogP contribution in [-0.4, -0.2) is 68.3 Å². The second-order valence-electron chi connectivity index (χ2n) is 11.3. The number of amides is 1. The number of nitrogens with zero attached hydrogens (tertiary/aromatic N) is 1. The van der Waals surface area contributed by atoms with Crippen LogP contribution in [-0.2, 0) is 28.8 Å². The third-order valence-corrected chi connectivity index (χ3v) is 8.03. The number of rotatable bonds is 10. The zero-order valence-electron chi connectivity index (χ0n) is 23.5. The van der Waals surface area contributed by atoms with Crippen molar-refractivity contribution >= 4 is 15.9 Å². The van der Waals surface area contributed by atoms with Gasteiger partial charge in [-0.2, -0.15) is 0 Å². The van der Waals surface area contributed by atoms with Gasteiger partial charge in [-0.3, -0.25) is 4.90 Å². The summed E-state index contributed by atoms with van der Waals surface area (Å²) in [7, 11) is -3.72. The largest absolute Gasteiger partial charge is 0.444 e. The van der Waals surface area contributed by atoms with Crippen molar-refractivity contribution in [3.8, 4) is 0 Å². The molecule has 2 aliphatic rings. The summed E-state index contributed by atoms with van der Waals surface area (Å²) in [6.45, 7) is 15.9. The van der Waals surface area contributed by atoms with Gasteiger partial charge >= 0.3 is 6.09 Å². The zero-order chi connectivity index (χ0) is 28.1. The minimum atomic E-state index is -3.72. The number of hydrogen-bond acceptors (Lipinski definition) is 7. The van der Waals surface area contributed by atoms with Crippen LogP contribution in [0.5, 0.6) is 0 Å². The van der Waals surface area contributed by atoms with Crippen molar-refractivity contribution in [3.05, 3.63) is 54.0 Å². The van der Waals surface area contributed by atoms with E-state index < -0.39 is 45.6 Å². The van der Waals surface area contributed by atoms with Crippen LogP contribution in [0.3, 0.4) is 0 Å². The fourth-order valence-electron chi connectivity index (χ4n) is 4.76. The van der Waals surface area contributed by atoms with Gasteiger partial charge in [-0.1, -0.05) is 37.6 Å². The van der Waals surface area contributed by atoms with E-state index in [4.69, 9.17) is 18.9 Å². The fraction of sp³-hybridized carbons (Fsp3) is 0.621. The number of ether oxygens (including phenoxy) is 4. The molecule has 0 spiro atoms. The first-order chi connectivity index (χ1) is 17.8. The van der Waals surface area contributed by atoms with Gasteiger partial charge in [0.1, 0.15) is 17.4 Å². The van der Waals surface area contributed by atoms with Gasteiger partial charge in [0, 0.05) is 24.0 Å². The van der Waals surface area contributed by atoms with Gasteiger partial charge in [0.15, 0.2) is 9.84 Å². The maximum Gasteiger partial charge on any atom is 0.412 e. The normalized spacial score (nSPS) is 26.6. The Bertz CT molecular complexity index is 1090. The molecule has 2 aliphatic heterocycles. The Hall–Kier alpha value is -2.20. The highest BCUT2D eigenvalue weighted by molar-refractivity contribution is 7.94. The van der Waals surface area contributed by atoms with Crippen LogP contribution in [0.4, 0.5) is 4.79 Å². The summed E-state index contributed by atoms with van der Waals surface area (Å²) in [5.74, 6) is 0. The van der Waals surface area contributed by atoms with E-state index in [0.717, 1.165) is 12.8 Å². The van der Waals surface area contributed by atoms with Gasteiger partial charge in [0.05, 0.1) is 29.8 Å². The van der Waals surface area contributed by atoms with Crippen LogP contribution in [0.2, 0.25) is 0 Å². The summed E-state index contributed by atoms with van der Waals surface area (Å²) >= 11 is 0. The van der Waals surface area contributed by atoms with E-state index in [-0.39, 0.29) is 11.0 Å². The predicted octanol–water partition coefficient (Wildman–Crippen LogP) is 5.64. The summed E-state index contributed by atoms with van der Waals surface area (Å²) in [4.78, 5) is 14.7. The highest BCUT2D eigenvalue weighted by Gasteiger charge is 2.48. The van der Waals surface area contributed by atoms with E-state index >= 15 is 0 Å². The van der Waals surface area contributed by atoms with Crippen molar-refractivity contribution in [3.63, 3.8) is 0 Å². The third kappa shape index (κ3) is 7.68. The van der Waals surface area contributed by atoms with Crippen molar-refractivity contribution in [2.45, 2.75) is 108 Å². The second-order valence-corrected chi connectivity index (χ2v) is 13.1. The average Bonchev–Trinajstić information content (AvgIpc) is 3.29. The Balaban J connectivity index is 1.87. The molecule has 1 aromatic rings. The Morgan fingerprint density at radius 1 is 1.24 bits per heavy atom. The highest BCUT2D eigenvalue weighted by Crippen LogP contribution is 2.38. The molecule has 0 N–H and O–H groups in total. The highest BCUT2D eigenvalue weighted by atomic mass is 32.2. The minimum Gasteiger partial charge on any atom is -0.444 e. The van der Waals surface area contributed by atoms with Gasteiger partial charge in [0.25, 0.3) is 0 Å². The van der Waals surface area contributed by atoms with Crippen molar-refractivity contribution in [1.82, 2.24) is 4.90 Å². The summed E-state index contributed by atoms with van der Waals surface area (Å²) < 4.78 is 51.1. The molecular weight excluding hydrogens is 506 g/mol. The van der Waals surface area contributed by atoms with Crippen molar-refractivity contribution < 1.29 is 32.2 Å². The first-order valence-electron chi connectivity index (χ1n) is 13.4. The van der Waals surface area contributed by atoms with Crippen LogP contribution in [0.15, 0.2) is 58.9 Å². The van der Waals surface area contributed by atoms with Crippen molar-refractivity contribution in [2.24, 2.45) is 0 Å². The second kappa shape index (κ2) is 12.3. The maximum atomic E-state index is 13.3. The lowest BCUT2D eigenvalue weighted by Gasteiger charge is -2.31. The first-order valence-corrected chi connectivity index (χ1v) is 14.9. The molecule has 3 rings (SSSR count). The summed E-state index contributed by atoms with van der Waals surface area (Å²) in [6, 6.07) is 8.34. The topological polar surface area (TPSA) is 91.4 Å². The number of unbranched alkanes of at least 4 members (excludes halogenated alkanes) is 1. The van der Waals surface area contributed by atoms with Crippen molar-refractivity contribution in [1.29, 1.82) is 0 Å². The lowest BCUT2D eigenvalue weighted by Crippen LogP contribution is -2.46. The molecule has 0 saturated carbocycles. The predicted molar refractivity (Wildman–Crippen MR) is 146 cm³/mol. The molecule has 8 nitrogen and oxygen atoms in total. The molecule has 0 radical (unpaired) electrons. The molecule has 0 bridgehead atoms. The molecule has 2 saturated heterocycles. The van der Waals surface area contributed by atoms with E-state index in [1.807, 2.05) is 34.6 Å². The van der Waals surface area contributed by atoms with Crippen LogP contribution >= 0.6 is 0 Å². The molecule has 2 fully saturated rings. The van der Waals surface area contributed by atoms with E-state index in [9.17, 15) is 13.2 Å². The molecule has 0 aliphatic carbocycles. The lowest BCUT2D eigenvalue weighted by atomic mass is 10.00. The molecule has 1 amide bonds. The Kier molecular flexibility index (Phi) is 9.84. The molecule has 4 atom stereocenters. The van der Waals surface area contributed by atoms with Gasteiger partial charge in [0.2, 0.25) is 0 Å². The monoisotopic (exact) mass is 549 g/mol. The Morgan fingerprint density at radius 3 is 2.53 bits per heavy atom. The molecule has 38 heavy (non-hydrogen) atoms. The zero-order valence-corrected chi connectivity index (χ0v) is 24.3. The summed E-state index contributed by atoms with van der Waals surface area (Å²) in [5.41, 5.74) is -0.906.